The minimum atomic E-state index is -0.567. The number of alkyl halides is 1. The molecule has 2 aromatic carbocycles. The van der Waals surface area contributed by atoms with Gasteiger partial charge in [-0.2, -0.15) is 0 Å². The highest BCUT2D eigenvalue weighted by Gasteiger charge is 2.39. The van der Waals surface area contributed by atoms with Crippen molar-refractivity contribution < 1.29 is 14.4 Å². The van der Waals surface area contributed by atoms with E-state index >= 15 is 0 Å². The molecule has 0 saturated carbocycles. The number of hydrogen-bond donors (Lipinski definition) is 1. The molecular formula is C25H27BrN2O3S. The molecule has 0 aromatic heterocycles. The maximum atomic E-state index is 12.9. The second-order valence-electron chi connectivity index (χ2n) is 8.24. The topological polar surface area (TPSA) is 66.5 Å². The smallest absolute Gasteiger partial charge is 0.255 e. The van der Waals surface area contributed by atoms with Crippen molar-refractivity contribution in [2.75, 3.05) is 11.1 Å². The largest absolute Gasteiger partial charge is 0.322 e. The van der Waals surface area contributed by atoms with Crippen LogP contribution < -0.4 is 5.32 Å². The first-order chi connectivity index (χ1) is 15.6. The molecule has 5 nitrogen and oxygen atoms in total. The van der Waals surface area contributed by atoms with E-state index in [2.05, 4.69) is 51.6 Å². The summed E-state index contributed by atoms with van der Waals surface area (Å²) in [7, 11) is 0. The Bertz CT molecular complexity index is 1010. The molecule has 1 N–H and O–H groups in total. The van der Waals surface area contributed by atoms with Gasteiger partial charge in [0.15, 0.2) is 0 Å². The minimum Gasteiger partial charge on any atom is -0.322 e. The van der Waals surface area contributed by atoms with Crippen LogP contribution in [0.15, 0.2) is 47.4 Å². The first-order valence-electron chi connectivity index (χ1n) is 11.1. The number of hydrogen-bond acceptors (Lipinski definition) is 4. The maximum Gasteiger partial charge on any atom is 0.255 e. The van der Waals surface area contributed by atoms with E-state index in [1.807, 2.05) is 12.1 Å². The number of thioether (sulfide) groups is 1. The lowest BCUT2D eigenvalue weighted by Crippen LogP contribution is -2.52. The van der Waals surface area contributed by atoms with E-state index in [1.54, 1.807) is 16.7 Å². The highest BCUT2D eigenvalue weighted by molar-refractivity contribution is 9.09. The van der Waals surface area contributed by atoms with Crippen molar-refractivity contribution in [1.82, 2.24) is 10.2 Å². The van der Waals surface area contributed by atoms with Crippen molar-refractivity contribution in [3.63, 3.8) is 0 Å². The number of fused-ring (bicyclic) bond motifs is 1. The van der Waals surface area contributed by atoms with Gasteiger partial charge in [0, 0.05) is 28.8 Å². The Morgan fingerprint density at radius 2 is 1.72 bits per heavy atom. The summed E-state index contributed by atoms with van der Waals surface area (Å²) in [5.74, 6) is 0.223. The van der Waals surface area contributed by atoms with E-state index in [0.717, 1.165) is 47.2 Å². The first-order valence-corrected chi connectivity index (χ1v) is 13.2. The van der Waals surface area contributed by atoms with Crippen LogP contribution in [0.25, 0.3) is 0 Å². The highest BCUT2D eigenvalue weighted by atomic mass is 79.9. The van der Waals surface area contributed by atoms with Crippen LogP contribution in [-0.4, -0.2) is 39.7 Å². The fourth-order valence-corrected chi connectivity index (χ4v) is 5.61. The predicted molar refractivity (Wildman–Crippen MR) is 130 cm³/mol. The molecule has 2 aromatic rings. The van der Waals surface area contributed by atoms with Crippen LogP contribution in [0.3, 0.4) is 0 Å². The lowest BCUT2D eigenvalue weighted by molar-refractivity contribution is -0.136. The van der Waals surface area contributed by atoms with Gasteiger partial charge in [-0.15, -0.1) is 11.8 Å². The lowest BCUT2D eigenvalue weighted by atomic mass is 10.0. The molecule has 0 bridgehead atoms. The van der Waals surface area contributed by atoms with Gasteiger partial charge in [0.05, 0.1) is 0 Å². The van der Waals surface area contributed by atoms with Gasteiger partial charge in [0.1, 0.15) is 6.04 Å². The molecule has 3 amide bonds. The van der Waals surface area contributed by atoms with E-state index in [-0.39, 0.29) is 24.1 Å². The second-order valence-corrected chi connectivity index (χ2v) is 10.2. The average Bonchev–Trinajstić information content (AvgIpc) is 3.13. The third kappa shape index (κ3) is 5.26. The van der Waals surface area contributed by atoms with Crippen LogP contribution in [0, 0.1) is 0 Å². The van der Waals surface area contributed by atoms with Gasteiger partial charge in [-0.3, -0.25) is 19.7 Å². The molecule has 1 atom stereocenters. The number of nitrogens with one attached hydrogen (secondary N) is 1. The minimum absolute atomic E-state index is 0.114. The average molecular weight is 515 g/mol. The van der Waals surface area contributed by atoms with E-state index < -0.39 is 6.04 Å². The number of halogens is 1. The molecule has 1 saturated heterocycles. The van der Waals surface area contributed by atoms with Gasteiger partial charge in [-0.1, -0.05) is 46.3 Å². The second kappa shape index (κ2) is 10.7. The third-order valence-corrected chi connectivity index (χ3v) is 7.78. The van der Waals surface area contributed by atoms with Gasteiger partial charge in [-0.25, -0.2) is 0 Å². The summed E-state index contributed by atoms with van der Waals surface area (Å²) in [4.78, 5) is 39.4. The number of piperidine rings is 1. The Kier molecular flexibility index (Phi) is 7.68. The van der Waals surface area contributed by atoms with Crippen LogP contribution in [0.1, 0.15) is 52.7 Å². The zero-order valence-electron chi connectivity index (χ0n) is 17.9. The molecular weight excluding hydrogens is 488 g/mol. The number of amides is 3. The van der Waals surface area contributed by atoms with Gasteiger partial charge < -0.3 is 4.90 Å². The molecule has 168 valence electrons. The fourth-order valence-electron chi connectivity index (χ4n) is 4.29. The summed E-state index contributed by atoms with van der Waals surface area (Å²) in [6, 6.07) is 14.2. The Hall–Kier alpha value is -2.12. The standard InChI is InChI=1S/C25H27BrN2O3S/c26-14-2-4-17-8-10-18(11-9-17)5-3-15-32-22-7-1-6-19-20(22)16-28(25(19)31)21-12-13-23(29)27-24(21)30/h1,6-11,21H,2-5,12-16H2,(H,27,29,30). The number of aryl methyl sites for hydroxylation is 2. The van der Waals surface area contributed by atoms with Gasteiger partial charge in [-0.05, 0) is 66.7 Å². The molecule has 1 fully saturated rings. The molecule has 32 heavy (non-hydrogen) atoms. The van der Waals surface area contributed by atoms with Crippen molar-refractivity contribution in [2.45, 2.75) is 56.0 Å². The molecule has 0 radical (unpaired) electrons. The number of carbonyl (C=O) groups is 3. The summed E-state index contributed by atoms with van der Waals surface area (Å²) in [5.41, 5.74) is 4.42. The van der Waals surface area contributed by atoms with Gasteiger partial charge in [0.25, 0.3) is 5.91 Å². The molecule has 2 aliphatic rings. The van der Waals surface area contributed by atoms with E-state index in [4.69, 9.17) is 0 Å². The van der Waals surface area contributed by atoms with Crippen molar-refractivity contribution in [3.8, 4) is 0 Å². The van der Waals surface area contributed by atoms with E-state index in [9.17, 15) is 14.4 Å². The van der Waals surface area contributed by atoms with Crippen molar-refractivity contribution in [1.29, 1.82) is 0 Å². The number of rotatable bonds is 9. The summed E-state index contributed by atoms with van der Waals surface area (Å²) in [6.07, 6.45) is 5.01. The Labute approximate surface area is 201 Å². The Balaban J connectivity index is 1.33. The fraction of sp³-hybridized carbons (Fsp3) is 0.400. The molecule has 0 aliphatic carbocycles. The van der Waals surface area contributed by atoms with Gasteiger partial charge in [0.2, 0.25) is 11.8 Å². The van der Waals surface area contributed by atoms with E-state index in [1.165, 1.54) is 11.1 Å². The number of benzene rings is 2. The highest BCUT2D eigenvalue weighted by Crippen LogP contribution is 2.34. The first kappa shape index (κ1) is 23.1. The SMILES string of the molecule is O=C1CCC(N2Cc3c(SCCCc4ccc(CCCBr)cc4)cccc3C2=O)C(=O)N1. The number of imide groups is 1. The summed E-state index contributed by atoms with van der Waals surface area (Å²) in [5, 5.41) is 3.39. The van der Waals surface area contributed by atoms with Gasteiger partial charge >= 0.3 is 0 Å². The van der Waals surface area contributed by atoms with Crippen molar-refractivity contribution in [3.05, 3.63) is 64.7 Å². The number of nitrogens with zero attached hydrogens (tertiary/aromatic N) is 1. The predicted octanol–water partition coefficient (Wildman–Crippen LogP) is 4.50. The Morgan fingerprint density at radius 1 is 1.00 bits per heavy atom. The van der Waals surface area contributed by atoms with Crippen molar-refractivity contribution >= 4 is 45.4 Å². The van der Waals surface area contributed by atoms with Crippen LogP contribution in [0.4, 0.5) is 0 Å². The molecule has 7 heteroatoms. The number of carbonyl (C=O) groups excluding carboxylic acids is 3. The summed E-state index contributed by atoms with van der Waals surface area (Å²) >= 11 is 5.25. The normalized spacial score (nSPS) is 18.1. The quantitative estimate of drug-likeness (QED) is 0.231. The third-order valence-electron chi connectivity index (χ3n) is 6.03. The zero-order chi connectivity index (χ0) is 22.5. The van der Waals surface area contributed by atoms with Crippen molar-refractivity contribution in [2.24, 2.45) is 0 Å². The van der Waals surface area contributed by atoms with Crippen LogP contribution in [0.2, 0.25) is 0 Å². The van der Waals surface area contributed by atoms with Crippen LogP contribution in [-0.2, 0) is 29.0 Å². The Morgan fingerprint density at radius 3 is 2.41 bits per heavy atom. The molecule has 0 spiro atoms. The summed E-state index contributed by atoms with van der Waals surface area (Å²) in [6.45, 7) is 0.430. The monoisotopic (exact) mass is 514 g/mol. The molecule has 4 rings (SSSR count). The molecule has 2 aliphatic heterocycles. The molecule has 2 heterocycles. The van der Waals surface area contributed by atoms with Crippen LogP contribution >= 0.6 is 27.7 Å². The molecule has 1 unspecified atom stereocenters. The lowest BCUT2D eigenvalue weighted by Gasteiger charge is -2.29. The maximum absolute atomic E-state index is 12.9. The van der Waals surface area contributed by atoms with Crippen LogP contribution in [0.5, 0.6) is 0 Å². The summed E-state index contributed by atoms with van der Waals surface area (Å²) < 4.78 is 0. The zero-order valence-corrected chi connectivity index (χ0v) is 20.3. The van der Waals surface area contributed by atoms with E-state index in [0.29, 0.717) is 18.5 Å².